The second-order valence-electron chi connectivity index (χ2n) is 7.06. The van der Waals surface area contributed by atoms with E-state index >= 15 is 0 Å². The van der Waals surface area contributed by atoms with Gasteiger partial charge in [0.25, 0.3) is 5.91 Å². The van der Waals surface area contributed by atoms with E-state index in [1.807, 2.05) is 0 Å². The number of carbonyl (C=O) groups is 4. The van der Waals surface area contributed by atoms with Gasteiger partial charge in [0, 0.05) is 5.54 Å². The summed E-state index contributed by atoms with van der Waals surface area (Å²) >= 11 is 0. The van der Waals surface area contributed by atoms with Crippen LogP contribution in [0.25, 0.3) is 0 Å². The molecule has 0 radical (unpaired) electrons. The summed E-state index contributed by atoms with van der Waals surface area (Å²) in [6.45, 7) is 6.33. The summed E-state index contributed by atoms with van der Waals surface area (Å²) in [4.78, 5) is 49.3. The average molecular weight is 346 g/mol. The molecule has 0 aromatic heterocycles. The van der Waals surface area contributed by atoms with Crippen LogP contribution < -0.4 is 16.0 Å². The van der Waals surface area contributed by atoms with Crippen LogP contribution in [0.1, 0.15) is 33.3 Å². The van der Waals surface area contributed by atoms with Gasteiger partial charge in [-0.15, -0.1) is 0 Å². The summed E-state index contributed by atoms with van der Waals surface area (Å²) in [5.41, 5.74) is -1.15. The fourth-order valence-corrected chi connectivity index (χ4v) is 2.49. The van der Waals surface area contributed by atoms with E-state index in [0.717, 1.165) is 4.90 Å². The Morgan fingerprint density at radius 1 is 1.16 bits per heavy atom. The Hall–Kier alpha value is -2.90. The normalized spacial score (nSPS) is 20.2. The molecule has 1 aliphatic heterocycles. The number of imide groups is 2. The second-order valence-corrected chi connectivity index (χ2v) is 7.06. The van der Waals surface area contributed by atoms with Crippen LogP contribution in [0.15, 0.2) is 30.3 Å². The van der Waals surface area contributed by atoms with Crippen molar-refractivity contribution in [3.05, 3.63) is 35.9 Å². The van der Waals surface area contributed by atoms with E-state index in [1.165, 1.54) is 0 Å². The molecule has 25 heavy (non-hydrogen) atoms. The van der Waals surface area contributed by atoms with Crippen LogP contribution in [0.5, 0.6) is 0 Å². The zero-order valence-corrected chi connectivity index (χ0v) is 14.7. The molecule has 8 heteroatoms. The predicted molar refractivity (Wildman–Crippen MR) is 90.5 cm³/mol. The van der Waals surface area contributed by atoms with Gasteiger partial charge >= 0.3 is 12.1 Å². The number of hydrogen-bond donors (Lipinski definition) is 3. The van der Waals surface area contributed by atoms with Crippen molar-refractivity contribution in [1.29, 1.82) is 0 Å². The molecular weight excluding hydrogens is 324 g/mol. The molecule has 1 heterocycles. The van der Waals surface area contributed by atoms with Gasteiger partial charge in [-0.05, 0) is 33.3 Å². The van der Waals surface area contributed by atoms with Gasteiger partial charge in [0.15, 0.2) is 0 Å². The van der Waals surface area contributed by atoms with Crippen molar-refractivity contribution in [2.24, 2.45) is 0 Å². The summed E-state index contributed by atoms with van der Waals surface area (Å²) < 4.78 is 0. The number of nitrogens with zero attached hydrogens (tertiary/aromatic N) is 1. The lowest BCUT2D eigenvalue weighted by molar-refractivity contribution is -0.134. The molecule has 1 saturated heterocycles. The van der Waals surface area contributed by atoms with Crippen molar-refractivity contribution in [3.8, 4) is 0 Å². The van der Waals surface area contributed by atoms with E-state index in [1.54, 1.807) is 58.0 Å². The van der Waals surface area contributed by atoms with Gasteiger partial charge in [-0.3, -0.25) is 19.8 Å². The van der Waals surface area contributed by atoms with Crippen molar-refractivity contribution in [2.45, 2.75) is 38.8 Å². The van der Waals surface area contributed by atoms with Crippen LogP contribution in [-0.2, 0) is 15.1 Å². The zero-order valence-electron chi connectivity index (χ0n) is 14.7. The molecule has 1 fully saturated rings. The number of benzene rings is 1. The highest BCUT2D eigenvalue weighted by Gasteiger charge is 2.49. The Morgan fingerprint density at radius 2 is 1.76 bits per heavy atom. The SMILES string of the molecule is CC(C)(C)NC(=O)NC(=O)CN1C(=O)N[C@](C)(c2ccccc2)C1=O. The van der Waals surface area contributed by atoms with Crippen LogP contribution in [0, 0.1) is 0 Å². The van der Waals surface area contributed by atoms with E-state index in [0.29, 0.717) is 5.56 Å². The Kier molecular flexibility index (Phi) is 4.82. The summed E-state index contributed by atoms with van der Waals surface area (Å²) in [6.07, 6.45) is 0. The highest BCUT2D eigenvalue weighted by molar-refractivity contribution is 6.10. The molecule has 2 rings (SSSR count). The smallest absolute Gasteiger partial charge is 0.325 e. The molecule has 0 spiro atoms. The fourth-order valence-electron chi connectivity index (χ4n) is 2.49. The largest absolute Gasteiger partial charge is 0.333 e. The molecule has 1 atom stereocenters. The molecule has 134 valence electrons. The third-order valence-corrected chi connectivity index (χ3v) is 3.67. The van der Waals surface area contributed by atoms with E-state index < -0.39 is 41.5 Å². The molecule has 0 unspecified atom stereocenters. The highest BCUT2D eigenvalue weighted by atomic mass is 16.2. The molecule has 1 aliphatic rings. The maximum atomic E-state index is 12.7. The summed E-state index contributed by atoms with van der Waals surface area (Å²) in [7, 11) is 0. The molecule has 3 N–H and O–H groups in total. The lowest BCUT2D eigenvalue weighted by Crippen LogP contribution is -2.51. The Morgan fingerprint density at radius 3 is 2.32 bits per heavy atom. The Bertz CT molecular complexity index is 711. The first-order valence-corrected chi connectivity index (χ1v) is 7.84. The van der Waals surface area contributed by atoms with Gasteiger partial charge in [-0.2, -0.15) is 0 Å². The fraction of sp³-hybridized carbons (Fsp3) is 0.412. The van der Waals surface area contributed by atoms with Gasteiger partial charge < -0.3 is 10.6 Å². The predicted octanol–water partition coefficient (Wildman–Crippen LogP) is 1.08. The molecule has 0 saturated carbocycles. The van der Waals surface area contributed by atoms with Gasteiger partial charge in [-0.25, -0.2) is 9.59 Å². The molecular formula is C17H22N4O4. The number of amides is 6. The maximum Gasteiger partial charge on any atom is 0.325 e. The lowest BCUT2D eigenvalue weighted by atomic mass is 9.92. The number of rotatable bonds is 3. The van der Waals surface area contributed by atoms with E-state index in [2.05, 4.69) is 16.0 Å². The summed E-state index contributed by atoms with van der Waals surface area (Å²) in [5, 5.41) is 7.27. The molecule has 0 bridgehead atoms. The molecule has 6 amide bonds. The molecule has 0 aliphatic carbocycles. The number of nitrogens with one attached hydrogen (secondary N) is 3. The van der Waals surface area contributed by atoms with Crippen molar-refractivity contribution in [3.63, 3.8) is 0 Å². The Balaban J connectivity index is 2.06. The summed E-state index contributed by atoms with van der Waals surface area (Å²) in [6, 6.07) is 7.39. The minimum atomic E-state index is -1.24. The summed E-state index contributed by atoms with van der Waals surface area (Å²) in [5.74, 6) is -1.29. The van der Waals surface area contributed by atoms with E-state index in [-0.39, 0.29) is 0 Å². The first-order chi connectivity index (χ1) is 11.5. The van der Waals surface area contributed by atoms with Gasteiger partial charge in [0.05, 0.1) is 0 Å². The highest BCUT2D eigenvalue weighted by Crippen LogP contribution is 2.28. The van der Waals surface area contributed by atoms with Crippen molar-refractivity contribution in [1.82, 2.24) is 20.9 Å². The first kappa shape index (κ1) is 18.4. The third-order valence-electron chi connectivity index (χ3n) is 3.67. The van der Waals surface area contributed by atoms with Gasteiger partial charge in [-0.1, -0.05) is 30.3 Å². The van der Waals surface area contributed by atoms with Crippen LogP contribution in [0.3, 0.4) is 0 Å². The molecule has 1 aromatic carbocycles. The van der Waals surface area contributed by atoms with Crippen LogP contribution in [0.4, 0.5) is 9.59 Å². The quantitative estimate of drug-likeness (QED) is 0.712. The van der Waals surface area contributed by atoms with Crippen LogP contribution >= 0.6 is 0 Å². The number of carbonyl (C=O) groups excluding carboxylic acids is 4. The molecule has 8 nitrogen and oxygen atoms in total. The van der Waals surface area contributed by atoms with E-state index in [4.69, 9.17) is 0 Å². The first-order valence-electron chi connectivity index (χ1n) is 7.84. The zero-order chi connectivity index (χ0) is 18.8. The monoisotopic (exact) mass is 346 g/mol. The third kappa shape index (κ3) is 4.14. The van der Waals surface area contributed by atoms with Crippen LogP contribution in [0.2, 0.25) is 0 Å². The number of hydrogen-bond acceptors (Lipinski definition) is 4. The van der Waals surface area contributed by atoms with Crippen LogP contribution in [-0.4, -0.2) is 40.9 Å². The van der Waals surface area contributed by atoms with E-state index in [9.17, 15) is 19.2 Å². The van der Waals surface area contributed by atoms with Gasteiger partial charge in [0.1, 0.15) is 12.1 Å². The maximum absolute atomic E-state index is 12.7. The minimum Gasteiger partial charge on any atom is -0.333 e. The van der Waals surface area contributed by atoms with Crippen molar-refractivity contribution in [2.75, 3.05) is 6.54 Å². The Labute approximate surface area is 145 Å². The van der Waals surface area contributed by atoms with Gasteiger partial charge in [0.2, 0.25) is 5.91 Å². The standard InChI is InChI=1S/C17H22N4O4/c1-16(2,3)19-14(24)18-12(22)10-21-13(23)17(4,20-15(21)25)11-8-6-5-7-9-11/h5-9H,10H2,1-4H3,(H,20,25)(H2,18,19,22,24)/t17-/m1/s1. The van der Waals surface area contributed by atoms with Crippen molar-refractivity contribution < 1.29 is 19.2 Å². The number of urea groups is 2. The average Bonchev–Trinajstić information content (AvgIpc) is 2.70. The second kappa shape index (κ2) is 6.54. The minimum absolute atomic E-state index is 0.517. The topological polar surface area (TPSA) is 108 Å². The lowest BCUT2D eigenvalue weighted by Gasteiger charge is -2.22. The molecule has 1 aromatic rings. The van der Waals surface area contributed by atoms with Crippen molar-refractivity contribution >= 4 is 23.9 Å².